The maximum Gasteiger partial charge on any atom is 0.144 e. The van der Waals surface area contributed by atoms with Gasteiger partial charge in [0.25, 0.3) is 0 Å². The van der Waals surface area contributed by atoms with Gasteiger partial charge in [0.15, 0.2) is 0 Å². The molecule has 0 radical (unpaired) electrons. The summed E-state index contributed by atoms with van der Waals surface area (Å²) in [6.07, 6.45) is 9.37. The quantitative estimate of drug-likeness (QED) is 0.616. The molecule has 1 unspecified atom stereocenters. The Morgan fingerprint density at radius 2 is 2.00 bits per heavy atom. The van der Waals surface area contributed by atoms with Crippen molar-refractivity contribution in [1.82, 2.24) is 4.90 Å². The Morgan fingerprint density at radius 3 is 2.38 bits per heavy atom. The third-order valence-electron chi connectivity index (χ3n) is 2.67. The van der Waals surface area contributed by atoms with E-state index in [2.05, 4.69) is 43.1 Å². The van der Waals surface area contributed by atoms with Crippen LogP contribution in [-0.2, 0) is 4.74 Å². The third-order valence-corrected chi connectivity index (χ3v) is 2.67. The zero-order chi connectivity index (χ0) is 9.73. The summed E-state index contributed by atoms with van der Waals surface area (Å²) in [5, 5.41) is 0. The van der Waals surface area contributed by atoms with E-state index in [0.29, 0.717) is 0 Å². The Kier molecular flexibility index (Phi) is 3.70. The van der Waals surface area contributed by atoms with Gasteiger partial charge >= 0.3 is 0 Å². The molecule has 0 saturated heterocycles. The molecular weight excluding hydrogens is 162 g/mol. The number of ether oxygens (including phenoxy) is 1. The van der Waals surface area contributed by atoms with Gasteiger partial charge in [-0.15, -0.1) is 0 Å². The van der Waals surface area contributed by atoms with Crippen LogP contribution < -0.4 is 0 Å². The molecule has 0 aromatic heterocycles. The summed E-state index contributed by atoms with van der Waals surface area (Å²) in [5.41, 5.74) is -0.196. The zero-order valence-corrected chi connectivity index (χ0v) is 8.79. The Bertz CT molecular complexity index is 206. The van der Waals surface area contributed by atoms with Crippen LogP contribution in [0.25, 0.3) is 0 Å². The highest BCUT2D eigenvalue weighted by Gasteiger charge is 2.31. The topological polar surface area (TPSA) is 12.5 Å². The molecule has 0 fully saturated rings. The van der Waals surface area contributed by atoms with Crippen LogP contribution in [0.3, 0.4) is 0 Å². The summed E-state index contributed by atoms with van der Waals surface area (Å²) in [4.78, 5) is 2.33. The molecule has 0 aliphatic heterocycles. The molecule has 0 N–H and O–H groups in total. The number of hydrogen-bond acceptors (Lipinski definition) is 2. The highest BCUT2D eigenvalue weighted by molar-refractivity contribution is 5.17. The van der Waals surface area contributed by atoms with Gasteiger partial charge in [0, 0.05) is 13.5 Å². The number of rotatable bonds is 4. The Hall–Kier alpha value is -0.600. The molecule has 2 heteroatoms. The van der Waals surface area contributed by atoms with Crippen molar-refractivity contribution in [3.63, 3.8) is 0 Å². The Morgan fingerprint density at radius 1 is 1.31 bits per heavy atom. The van der Waals surface area contributed by atoms with Crippen LogP contribution in [0.5, 0.6) is 0 Å². The lowest BCUT2D eigenvalue weighted by Gasteiger charge is -2.40. The van der Waals surface area contributed by atoms with E-state index in [1.807, 2.05) is 0 Å². The average Bonchev–Trinajstić information content (AvgIpc) is 2.21. The second kappa shape index (κ2) is 4.58. The summed E-state index contributed by atoms with van der Waals surface area (Å²) in [6.45, 7) is 6.36. The third kappa shape index (κ3) is 2.01. The van der Waals surface area contributed by atoms with Crippen molar-refractivity contribution in [3.8, 4) is 0 Å². The smallest absolute Gasteiger partial charge is 0.144 e. The minimum atomic E-state index is -0.196. The van der Waals surface area contributed by atoms with Gasteiger partial charge in [-0.05, 0) is 19.2 Å². The Balaban J connectivity index is 2.79. The van der Waals surface area contributed by atoms with Crippen LogP contribution in [0, 0.1) is 0 Å². The van der Waals surface area contributed by atoms with E-state index in [9.17, 15) is 0 Å². The molecule has 1 aliphatic carbocycles. The van der Waals surface area contributed by atoms with Gasteiger partial charge in [-0.2, -0.15) is 0 Å². The van der Waals surface area contributed by atoms with E-state index in [0.717, 1.165) is 19.5 Å². The van der Waals surface area contributed by atoms with Gasteiger partial charge in [-0.3, -0.25) is 4.90 Å². The highest BCUT2D eigenvalue weighted by Crippen LogP contribution is 2.25. The first-order valence-electron chi connectivity index (χ1n) is 4.93. The first-order valence-corrected chi connectivity index (χ1v) is 4.93. The fourth-order valence-corrected chi connectivity index (χ4v) is 1.86. The number of methoxy groups -OCH3 is 1. The van der Waals surface area contributed by atoms with Crippen LogP contribution in [0.1, 0.15) is 20.3 Å². The molecule has 1 atom stereocenters. The predicted octanol–water partition coefficient (Wildman–Crippen LogP) is 2.19. The van der Waals surface area contributed by atoms with Crippen molar-refractivity contribution in [1.29, 1.82) is 0 Å². The lowest BCUT2D eigenvalue weighted by atomic mass is 10.0. The van der Waals surface area contributed by atoms with E-state index in [1.54, 1.807) is 7.11 Å². The molecular formula is C11H19NO. The van der Waals surface area contributed by atoms with Crippen molar-refractivity contribution in [2.24, 2.45) is 0 Å². The molecule has 0 saturated carbocycles. The second-order valence-electron chi connectivity index (χ2n) is 3.21. The maximum atomic E-state index is 5.61. The number of nitrogens with zero attached hydrogens (tertiary/aromatic N) is 1. The highest BCUT2D eigenvalue weighted by atomic mass is 16.5. The molecule has 0 spiro atoms. The van der Waals surface area contributed by atoms with Gasteiger partial charge in [0.2, 0.25) is 0 Å². The van der Waals surface area contributed by atoms with Crippen LogP contribution in [0.4, 0.5) is 0 Å². The molecule has 13 heavy (non-hydrogen) atoms. The van der Waals surface area contributed by atoms with Gasteiger partial charge in [-0.1, -0.05) is 32.1 Å². The largest absolute Gasteiger partial charge is 0.360 e. The van der Waals surface area contributed by atoms with Gasteiger partial charge < -0.3 is 4.74 Å². The Labute approximate surface area is 80.9 Å². The van der Waals surface area contributed by atoms with Crippen molar-refractivity contribution in [3.05, 3.63) is 24.3 Å². The molecule has 74 valence electrons. The first-order chi connectivity index (χ1) is 6.29. The van der Waals surface area contributed by atoms with Crippen LogP contribution >= 0.6 is 0 Å². The predicted molar refractivity (Wildman–Crippen MR) is 55.6 cm³/mol. The lowest BCUT2D eigenvalue weighted by Crippen LogP contribution is -2.48. The monoisotopic (exact) mass is 181 g/mol. The molecule has 1 rings (SSSR count). The van der Waals surface area contributed by atoms with E-state index >= 15 is 0 Å². The number of hydrogen-bond donors (Lipinski definition) is 0. The summed E-state index contributed by atoms with van der Waals surface area (Å²) in [6, 6.07) is 0. The van der Waals surface area contributed by atoms with E-state index in [1.165, 1.54) is 0 Å². The normalized spacial score (nSPS) is 27.1. The van der Waals surface area contributed by atoms with Gasteiger partial charge in [-0.25, -0.2) is 0 Å². The van der Waals surface area contributed by atoms with Crippen molar-refractivity contribution >= 4 is 0 Å². The van der Waals surface area contributed by atoms with Gasteiger partial charge in [0.1, 0.15) is 5.72 Å². The average molecular weight is 181 g/mol. The molecule has 0 aromatic carbocycles. The summed E-state index contributed by atoms with van der Waals surface area (Å²) < 4.78 is 5.61. The molecule has 0 aromatic rings. The molecule has 2 nitrogen and oxygen atoms in total. The van der Waals surface area contributed by atoms with Crippen LogP contribution in [0.15, 0.2) is 24.3 Å². The van der Waals surface area contributed by atoms with Crippen LogP contribution in [0.2, 0.25) is 0 Å². The number of likely N-dealkylation sites (N-methyl/N-ethyl adjacent to an activating group) is 1. The van der Waals surface area contributed by atoms with E-state index in [-0.39, 0.29) is 5.72 Å². The molecule has 0 amide bonds. The van der Waals surface area contributed by atoms with E-state index in [4.69, 9.17) is 4.74 Å². The van der Waals surface area contributed by atoms with Crippen molar-refractivity contribution < 1.29 is 4.74 Å². The first kappa shape index (κ1) is 10.5. The summed E-state index contributed by atoms with van der Waals surface area (Å²) in [7, 11) is 1.78. The fraction of sp³-hybridized carbons (Fsp3) is 0.636. The minimum Gasteiger partial charge on any atom is -0.360 e. The SMILES string of the molecule is CCN(CC)C1(OC)C=CC=CC1. The fourth-order valence-electron chi connectivity index (χ4n) is 1.86. The van der Waals surface area contributed by atoms with E-state index < -0.39 is 0 Å². The lowest BCUT2D eigenvalue weighted by molar-refractivity contribution is -0.0931. The van der Waals surface area contributed by atoms with Crippen molar-refractivity contribution in [2.75, 3.05) is 20.2 Å². The maximum absolute atomic E-state index is 5.61. The molecule has 1 aliphatic rings. The minimum absolute atomic E-state index is 0.196. The standard InChI is InChI=1S/C11H19NO/c1-4-12(5-2)11(13-3)9-7-6-8-10-11/h6-9H,4-5,10H2,1-3H3. The molecule has 0 bridgehead atoms. The van der Waals surface area contributed by atoms with Crippen LogP contribution in [-0.4, -0.2) is 30.8 Å². The summed E-state index contributed by atoms with van der Waals surface area (Å²) in [5.74, 6) is 0. The van der Waals surface area contributed by atoms with Crippen molar-refractivity contribution in [2.45, 2.75) is 26.0 Å². The second-order valence-corrected chi connectivity index (χ2v) is 3.21. The molecule has 0 heterocycles. The number of allylic oxidation sites excluding steroid dienone is 2. The van der Waals surface area contributed by atoms with Gasteiger partial charge in [0.05, 0.1) is 0 Å². The zero-order valence-electron chi connectivity index (χ0n) is 8.79. The summed E-state index contributed by atoms with van der Waals surface area (Å²) >= 11 is 0.